The predicted octanol–water partition coefficient (Wildman–Crippen LogP) is 21.8. The number of rotatable bonds is 13. The van der Waals surface area contributed by atoms with Crippen molar-refractivity contribution in [1.82, 2.24) is 0 Å². The fourth-order valence-electron chi connectivity index (χ4n) is 14.0. The summed E-state index contributed by atoms with van der Waals surface area (Å²) in [5.74, 6) is -0.595. The molecule has 0 radical (unpaired) electrons. The average molecular weight is 1110 g/mol. The molecule has 0 aliphatic heterocycles. The minimum atomic E-state index is -0.648. The van der Waals surface area contributed by atoms with E-state index in [0.717, 1.165) is 56.4 Å². The Balaban J connectivity index is 0.868. The largest absolute Gasteiger partial charge is 0.310 e. The van der Waals surface area contributed by atoms with E-state index < -0.39 is 10.8 Å². The van der Waals surface area contributed by atoms with E-state index in [2.05, 4.69) is 269 Å². The first kappa shape index (κ1) is 53.6. The number of fused-ring (bicyclic) bond motifs is 6. The second kappa shape index (κ2) is 21.3. The molecule has 0 spiro atoms. The molecule has 2 atom stereocenters. The monoisotopic (exact) mass is 1110 g/mol. The molecule has 86 heavy (non-hydrogen) atoms. The Hall–Kier alpha value is -10.4. The molecule has 14 rings (SSSR count). The van der Waals surface area contributed by atoms with Crippen LogP contribution < -0.4 is 9.80 Å². The third kappa shape index (κ3) is 8.66. The topological polar surface area (TPSA) is 6.48 Å². The van der Waals surface area contributed by atoms with Gasteiger partial charge in [0, 0.05) is 34.1 Å². The van der Waals surface area contributed by atoms with Gasteiger partial charge in [0.25, 0.3) is 0 Å². The van der Waals surface area contributed by atoms with Crippen LogP contribution in [0.15, 0.2) is 280 Å². The molecule has 2 unspecified atom stereocenters. The first-order chi connectivity index (χ1) is 42.0. The Kier molecular flexibility index (Phi) is 13.3. The van der Waals surface area contributed by atoms with Gasteiger partial charge in [0.15, 0.2) is 0 Å². The van der Waals surface area contributed by atoms with Crippen molar-refractivity contribution in [2.75, 3.05) is 9.80 Å². The van der Waals surface area contributed by atoms with Gasteiger partial charge in [-0.05, 0) is 225 Å². The molecule has 0 bridgehead atoms. The molecule has 12 aromatic carbocycles. The van der Waals surface area contributed by atoms with Gasteiger partial charge in [-0.15, -0.1) is 0 Å². The molecule has 0 aromatic heterocycles. The molecule has 0 saturated heterocycles. The number of hydrogen-bond acceptors (Lipinski definition) is 2. The van der Waals surface area contributed by atoms with E-state index in [9.17, 15) is 8.78 Å². The summed E-state index contributed by atoms with van der Waals surface area (Å²) >= 11 is 0. The normalized spacial score (nSPS) is 15.3. The van der Waals surface area contributed by atoms with Crippen LogP contribution in [0.2, 0.25) is 0 Å². The SMILES string of the molecule is C=Cc1ccc(C2(c3cc(C)ccc3C)c3ccccc3-c3ccc(N(c4ccc(F)cc4)c4ccc(-c5ccc(N(c6ccc(F)cc6)c6ccc7c(c6)C(c6ccc(C=C)cc6)(c6cc(C)ccc6C)c6ccccc6-7)cc5)cc4)cc32)cc1. The standard InChI is InChI=1S/C82H62F2N2/c1-7-57-21-29-61(30-22-57)81(77-49-53(3)17-19-55(77)5)75-15-11-9-13-71(75)73-47-45-69(51-79(73)81)85(67-41-33-63(83)34-42-67)65-37-25-59(26-38-65)60-27-39-66(40-28-60)86(68-43-35-64(84)36-44-68)70-46-48-74-72-14-10-12-16-76(72)82(80(74)52-70,62-31-23-58(8-2)24-32-62)78-50-54(4)18-20-56(78)6/h7-52H,1-2H2,3-6H3. The lowest BCUT2D eigenvalue weighted by Gasteiger charge is -2.36. The minimum Gasteiger partial charge on any atom is -0.310 e. The maximum atomic E-state index is 14.9. The van der Waals surface area contributed by atoms with Gasteiger partial charge in [-0.2, -0.15) is 0 Å². The molecule has 2 nitrogen and oxygen atoms in total. The lowest BCUT2D eigenvalue weighted by atomic mass is 9.66. The highest BCUT2D eigenvalue weighted by molar-refractivity contribution is 5.92. The van der Waals surface area contributed by atoms with Crippen molar-refractivity contribution in [3.05, 3.63) is 370 Å². The van der Waals surface area contributed by atoms with E-state index in [1.165, 1.54) is 113 Å². The van der Waals surface area contributed by atoms with Crippen LogP contribution in [0.3, 0.4) is 0 Å². The Morgan fingerprint density at radius 1 is 0.302 bits per heavy atom. The van der Waals surface area contributed by atoms with Crippen LogP contribution >= 0.6 is 0 Å². The van der Waals surface area contributed by atoms with Crippen molar-refractivity contribution in [3.63, 3.8) is 0 Å². The van der Waals surface area contributed by atoms with Crippen molar-refractivity contribution in [2.45, 2.75) is 38.5 Å². The van der Waals surface area contributed by atoms with Crippen LogP contribution in [0.25, 0.3) is 45.5 Å². The summed E-state index contributed by atoms with van der Waals surface area (Å²) < 4.78 is 29.8. The van der Waals surface area contributed by atoms with Gasteiger partial charge in [-0.3, -0.25) is 0 Å². The van der Waals surface area contributed by atoms with Crippen LogP contribution in [-0.2, 0) is 10.8 Å². The highest BCUT2D eigenvalue weighted by Crippen LogP contribution is 2.60. The Bertz CT molecular complexity index is 4300. The van der Waals surface area contributed by atoms with E-state index in [1.54, 1.807) is 0 Å². The Morgan fingerprint density at radius 2 is 0.628 bits per heavy atom. The second-order valence-electron chi connectivity index (χ2n) is 23.1. The third-order valence-corrected chi connectivity index (χ3v) is 18.1. The summed E-state index contributed by atoms with van der Waals surface area (Å²) in [5, 5.41) is 0. The van der Waals surface area contributed by atoms with Gasteiger partial charge in [0.1, 0.15) is 11.6 Å². The van der Waals surface area contributed by atoms with Gasteiger partial charge in [0.2, 0.25) is 0 Å². The molecular weight excluding hydrogens is 1050 g/mol. The lowest BCUT2D eigenvalue weighted by Crippen LogP contribution is -2.30. The highest BCUT2D eigenvalue weighted by Gasteiger charge is 2.49. The summed E-state index contributed by atoms with van der Waals surface area (Å²) in [7, 11) is 0. The summed E-state index contributed by atoms with van der Waals surface area (Å²) in [4.78, 5) is 4.45. The van der Waals surface area contributed by atoms with Crippen molar-refractivity contribution >= 4 is 46.3 Å². The summed E-state index contributed by atoms with van der Waals surface area (Å²) in [6, 6.07) is 93.4. The summed E-state index contributed by atoms with van der Waals surface area (Å²) in [6.07, 6.45) is 3.79. The van der Waals surface area contributed by atoms with Crippen LogP contribution in [-0.4, -0.2) is 0 Å². The molecule has 0 saturated carbocycles. The summed E-state index contributed by atoms with van der Waals surface area (Å²) in [5.41, 5.74) is 27.5. The van der Waals surface area contributed by atoms with Gasteiger partial charge in [-0.1, -0.05) is 206 Å². The quantitative estimate of drug-likeness (QED) is 0.114. The van der Waals surface area contributed by atoms with E-state index in [0.29, 0.717) is 0 Å². The Morgan fingerprint density at radius 3 is 0.988 bits per heavy atom. The molecule has 2 aliphatic rings. The van der Waals surface area contributed by atoms with E-state index in [-0.39, 0.29) is 11.6 Å². The summed E-state index contributed by atoms with van der Waals surface area (Å²) in [6.45, 7) is 16.9. The number of nitrogens with zero attached hydrogens (tertiary/aromatic N) is 2. The van der Waals surface area contributed by atoms with E-state index in [1.807, 2.05) is 36.4 Å². The van der Waals surface area contributed by atoms with Crippen molar-refractivity contribution in [3.8, 4) is 33.4 Å². The predicted molar refractivity (Wildman–Crippen MR) is 355 cm³/mol. The van der Waals surface area contributed by atoms with Crippen LogP contribution in [0.1, 0.15) is 77.9 Å². The molecular formula is C82H62F2N2. The van der Waals surface area contributed by atoms with Crippen LogP contribution in [0.5, 0.6) is 0 Å². The van der Waals surface area contributed by atoms with Crippen molar-refractivity contribution in [1.29, 1.82) is 0 Å². The van der Waals surface area contributed by atoms with E-state index in [4.69, 9.17) is 0 Å². The van der Waals surface area contributed by atoms with Crippen molar-refractivity contribution < 1.29 is 8.78 Å². The molecule has 0 heterocycles. The molecule has 0 amide bonds. The van der Waals surface area contributed by atoms with E-state index >= 15 is 0 Å². The zero-order chi connectivity index (χ0) is 58.8. The fraction of sp³-hybridized carbons (Fsp3) is 0.0732. The zero-order valence-electron chi connectivity index (χ0n) is 48.6. The molecule has 0 fully saturated rings. The Labute approximate surface area is 503 Å². The molecule has 4 heteroatoms. The van der Waals surface area contributed by atoms with Crippen molar-refractivity contribution in [2.24, 2.45) is 0 Å². The zero-order valence-corrected chi connectivity index (χ0v) is 48.6. The number of aryl methyl sites for hydroxylation is 4. The fourth-order valence-corrected chi connectivity index (χ4v) is 14.0. The number of halogens is 2. The first-order valence-corrected chi connectivity index (χ1v) is 29.4. The number of anilines is 6. The maximum absolute atomic E-state index is 14.9. The molecule has 414 valence electrons. The van der Waals surface area contributed by atoms with Gasteiger partial charge in [-0.25, -0.2) is 8.78 Å². The average Bonchev–Trinajstić information content (AvgIpc) is 1.59. The first-order valence-electron chi connectivity index (χ1n) is 29.4. The maximum Gasteiger partial charge on any atom is 0.123 e. The highest BCUT2D eigenvalue weighted by atomic mass is 19.1. The number of hydrogen-bond donors (Lipinski definition) is 0. The molecule has 12 aromatic rings. The van der Waals surface area contributed by atoms with Crippen LogP contribution in [0, 0.1) is 39.3 Å². The van der Waals surface area contributed by atoms with Gasteiger partial charge in [0.05, 0.1) is 10.8 Å². The van der Waals surface area contributed by atoms with Gasteiger partial charge >= 0.3 is 0 Å². The van der Waals surface area contributed by atoms with Gasteiger partial charge < -0.3 is 9.80 Å². The minimum absolute atomic E-state index is 0.297. The van der Waals surface area contributed by atoms with Crippen LogP contribution in [0.4, 0.5) is 42.9 Å². The smallest absolute Gasteiger partial charge is 0.123 e. The number of benzene rings is 12. The molecule has 0 N–H and O–H groups in total. The third-order valence-electron chi connectivity index (χ3n) is 18.1. The lowest BCUT2D eigenvalue weighted by molar-refractivity contribution is 0.627. The second-order valence-corrected chi connectivity index (χ2v) is 23.1. The molecule has 2 aliphatic carbocycles.